The second-order valence-electron chi connectivity index (χ2n) is 4.03. The zero-order valence-electron chi connectivity index (χ0n) is 10.0. The summed E-state index contributed by atoms with van der Waals surface area (Å²) >= 11 is 3.19. The number of nitrogens with zero attached hydrogens (tertiary/aromatic N) is 1. The molecule has 1 fully saturated rings. The minimum Gasteiger partial charge on any atom is -0.396 e. The topological polar surface area (TPSA) is 33.1 Å². The molecule has 0 radical (unpaired) electrons. The highest BCUT2D eigenvalue weighted by Crippen LogP contribution is 2.70. The van der Waals surface area contributed by atoms with Crippen molar-refractivity contribution < 1.29 is 13.9 Å². The van der Waals surface area contributed by atoms with E-state index in [4.69, 9.17) is 5.11 Å². The molecule has 0 saturated heterocycles. The first-order valence-electron chi connectivity index (χ1n) is 5.53. The van der Waals surface area contributed by atoms with Gasteiger partial charge in [-0.1, -0.05) is 20.8 Å². The molecule has 5 heteroatoms. The zero-order chi connectivity index (χ0) is 13.3. The Balaban J connectivity index is 0.000000686. The average molecular weight is 308 g/mol. The Hall–Kier alpha value is -0.550. The molecule has 0 aromatic carbocycles. The second-order valence-corrected chi connectivity index (χ2v) is 4.95. The maximum atomic E-state index is 13.4. The molecule has 96 valence electrons. The van der Waals surface area contributed by atoms with Crippen molar-refractivity contribution >= 4 is 15.9 Å². The van der Waals surface area contributed by atoms with Gasteiger partial charge in [0.15, 0.2) is 0 Å². The van der Waals surface area contributed by atoms with Gasteiger partial charge in [0.2, 0.25) is 0 Å². The molecule has 2 atom stereocenters. The molecule has 1 aromatic heterocycles. The van der Waals surface area contributed by atoms with Crippen molar-refractivity contribution in [3.05, 3.63) is 28.5 Å². The normalized spacial score (nSPS) is 29.2. The first kappa shape index (κ1) is 14.5. The van der Waals surface area contributed by atoms with Crippen LogP contribution in [-0.4, -0.2) is 22.6 Å². The molecule has 1 aromatic rings. The summed E-state index contributed by atoms with van der Waals surface area (Å²) in [5, 5.41) is 8.97. The highest BCUT2D eigenvalue weighted by Gasteiger charge is 2.78. The summed E-state index contributed by atoms with van der Waals surface area (Å²) in [5.74, 6) is -3.83. The van der Waals surface area contributed by atoms with E-state index in [1.54, 1.807) is 12.1 Å². The van der Waals surface area contributed by atoms with Gasteiger partial charge in [-0.05, 0) is 28.1 Å². The molecular weight excluding hydrogens is 292 g/mol. The first-order valence-corrected chi connectivity index (χ1v) is 6.33. The van der Waals surface area contributed by atoms with E-state index < -0.39 is 23.9 Å². The van der Waals surface area contributed by atoms with Crippen LogP contribution in [-0.2, 0) is 0 Å². The predicted molar refractivity (Wildman–Crippen MR) is 66.2 cm³/mol. The van der Waals surface area contributed by atoms with Gasteiger partial charge in [0.05, 0.1) is 23.6 Å². The lowest BCUT2D eigenvalue weighted by molar-refractivity contribution is 0.0435. The number of alkyl halides is 2. The van der Waals surface area contributed by atoms with Crippen molar-refractivity contribution in [2.75, 3.05) is 6.61 Å². The molecular formula is C12H16BrF2NO. The van der Waals surface area contributed by atoms with Gasteiger partial charge >= 0.3 is 0 Å². The van der Waals surface area contributed by atoms with Gasteiger partial charge in [-0.2, -0.15) is 0 Å². The largest absolute Gasteiger partial charge is 0.396 e. The van der Waals surface area contributed by atoms with Gasteiger partial charge in [0.25, 0.3) is 5.92 Å². The van der Waals surface area contributed by atoms with Crippen molar-refractivity contribution in [2.45, 2.75) is 32.6 Å². The van der Waals surface area contributed by atoms with Crippen molar-refractivity contribution in [3.63, 3.8) is 0 Å². The maximum Gasteiger partial charge on any atom is 0.265 e. The Morgan fingerprint density at radius 2 is 2.00 bits per heavy atom. The number of hydrogen-bond donors (Lipinski definition) is 1. The molecule has 2 unspecified atom stereocenters. The number of halogens is 3. The zero-order valence-corrected chi connectivity index (χ0v) is 11.6. The molecule has 1 saturated carbocycles. The van der Waals surface area contributed by atoms with E-state index in [-0.39, 0.29) is 0 Å². The Morgan fingerprint density at radius 3 is 2.35 bits per heavy atom. The molecule has 1 aliphatic rings. The summed E-state index contributed by atoms with van der Waals surface area (Å²) in [5.41, 5.74) is -1.02. The number of aromatic nitrogens is 1. The van der Waals surface area contributed by atoms with E-state index in [0.29, 0.717) is 5.69 Å². The van der Waals surface area contributed by atoms with Crippen molar-refractivity contribution in [2.24, 2.45) is 5.41 Å². The minimum atomic E-state index is -2.86. The quantitative estimate of drug-likeness (QED) is 0.905. The Kier molecular flexibility index (Phi) is 4.25. The molecule has 2 rings (SSSR count). The van der Waals surface area contributed by atoms with Crippen molar-refractivity contribution in [1.82, 2.24) is 4.98 Å². The molecule has 0 bridgehead atoms. The first-order chi connectivity index (χ1) is 7.93. The fraction of sp³-hybridized carbons (Fsp3) is 0.583. The molecule has 1 N–H and O–H groups in total. The molecule has 0 aliphatic heterocycles. The van der Waals surface area contributed by atoms with Crippen molar-refractivity contribution in [1.29, 1.82) is 0 Å². The lowest BCUT2D eigenvalue weighted by atomic mass is 10.1. The summed E-state index contributed by atoms with van der Waals surface area (Å²) in [6.07, 6.45) is 1.49. The number of pyridine rings is 1. The molecule has 2 nitrogen and oxygen atoms in total. The summed E-state index contributed by atoms with van der Waals surface area (Å²) in [6, 6.07) is 3.23. The highest BCUT2D eigenvalue weighted by atomic mass is 79.9. The van der Waals surface area contributed by atoms with Crippen LogP contribution >= 0.6 is 15.9 Å². The second kappa shape index (κ2) is 4.98. The Labute approximate surface area is 108 Å². The van der Waals surface area contributed by atoms with E-state index in [1.165, 1.54) is 13.1 Å². The molecule has 1 heterocycles. The smallest absolute Gasteiger partial charge is 0.265 e. The van der Waals surface area contributed by atoms with E-state index in [1.807, 2.05) is 13.8 Å². The van der Waals surface area contributed by atoms with Crippen LogP contribution in [0.2, 0.25) is 0 Å². The summed E-state index contributed by atoms with van der Waals surface area (Å²) in [4.78, 5) is 3.94. The Morgan fingerprint density at radius 1 is 1.41 bits per heavy atom. The van der Waals surface area contributed by atoms with Crippen LogP contribution in [0.1, 0.15) is 32.4 Å². The predicted octanol–water partition coefficient (Wildman–Crippen LogP) is 3.60. The van der Waals surface area contributed by atoms with Crippen LogP contribution in [0, 0.1) is 5.41 Å². The van der Waals surface area contributed by atoms with E-state index in [0.717, 1.165) is 4.47 Å². The fourth-order valence-electron chi connectivity index (χ4n) is 1.85. The van der Waals surface area contributed by atoms with Crippen molar-refractivity contribution in [3.8, 4) is 0 Å². The minimum absolute atomic E-state index is 0.333. The van der Waals surface area contributed by atoms with Gasteiger partial charge < -0.3 is 5.11 Å². The van der Waals surface area contributed by atoms with Crippen LogP contribution in [0.3, 0.4) is 0 Å². The lowest BCUT2D eigenvalue weighted by Crippen LogP contribution is -2.10. The van der Waals surface area contributed by atoms with Gasteiger partial charge in [-0.15, -0.1) is 0 Å². The van der Waals surface area contributed by atoms with Crippen LogP contribution in [0.25, 0.3) is 0 Å². The lowest BCUT2D eigenvalue weighted by Gasteiger charge is -2.03. The van der Waals surface area contributed by atoms with Crippen LogP contribution in [0.15, 0.2) is 22.8 Å². The summed E-state index contributed by atoms with van der Waals surface area (Å²) < 4.78 is 27.6. The summed E-state index contributed by atoms with van der Waals surface area (Å²) in [6.45, 7) is 4.85. The maximum absolute atomic E-state index is 13.4. The SMILES string of the molecule is CC.CC1(CO)C(c2ccc(Br)cn2)C1(F)F. The van der Waals surface area contributed by atoms with E-state index in [2.05, 4.69) is 20.9 Å². The molecule has 17 heavy (non-hydrogen) atoms. The standard InChI is InChI=1S/C10H10BrF2NO.C2H6/c1-9(5-15)8(10(9,12)13)7-3-2-6(11)4-14-7;1-2/h2-4,8,15H,5H2,1H3;1-2H3. The molecule has 0 spiro atoms. The monoisotopic (exact) mass is 307 g/mol. The van der Waals surface area contributed by atoms with Crippen LogP contribution in [0.4, 0.5) is 8.78 Å². The Bertz CT molecular complexity index is 383. The average Bonchev–Trinajstić information content (AvgIpc) is 2.78. The highest BCUT2D eigenvalue weighted by molar-refractivity contribution is 9.10. The third kappa shape index (κ3) is 2.22. The molecule has 1 aliphatic carbocycles. The third-order valence-corrected chi connectivity index (χ3v) is 3.52. The van der Waals surface area contributed by atoms with Crippen LogP contribution < -0.4 is 0 Å². The van der Waals surface area contributed by atoms with Crippen LogP contribution in [0.5, 0.6) is 0 Å². The van der Waals surface area contributed by atoms with Gasteiger partial charge in [0.1, 0.15) is 0 Å². The summed E-state index contributed by atoms with van der Waals surface area (Å²) in [7, 11) is 0. The van der Waals surface area contributed by atoms with Gasteiger partial charge in [0, 0.05) is 10.7 Å². The fourth-order valence-corrected chi connectivity index (χ4v) is 2.08. The number of hydrogen-bond acceptors (Lipinski definition) is 2. The number of aliphatic hydroxyl groups is 1. The van der Waals surface area contributed by atoms with E-state index in [9.17, 15) is 8.78 Å². The molecule has 0 amide bonds. The number of rotatable bonds is 2. The van der Waals surface area contributed by atoms with Gasteiger partial charge in [-0.25, -0.2) is 8.78 Å². The van der Waals surface area contributed by atoms with Gasteiger partial charge in [-0.3, -0.25) is 4.98 Å². The third-order valence-electron chi connectivity index (χ3n) is 3.05. The van der Waals surface area contributed by atoms with E-state index >= 15 is 0 Å². The number of aliphatic hydroxyl groups excluding tert-OH is 1.